The van der Waals surface area contributed by atoms with Crippen LogP contribution in [0.15, 0.2) is 23.1 Å². The third-order valence-corrected chi connectivity index (χ3v) is 5.73. The van der Waals surface area contributed by atoms with Gasteiger partial charge in [0.25, 0.3) is 5.91 Å². The van der Waals surface area contributed by atoms with Crippen molar-refractivity contribution in [2.75, 3.05) is 32.8 Å². The van der Waals surface area contributed by atoms with Crippen LogP contribution < -0.4 is 10.5 Å². The first kappa shape index (κ1) is 18.2. The number of amides is 2. The van der Waals surface area contributed by atoms with Crippen molar-refractivity contribution in [3.8, 4) is 5.75 Å². The van der Waals surface area contributed by atoms with Crippen LogP contribution in [0, 0.1) is 0 Å². The summed E-state index contributed by atoms with van der Waals surface area (Å²) in [5.41, 5.74) is 5.34. The number of rotatable bonds is 5. The molecule has 8 nitrogen and oxygen atoms in total. The largest absolute Gasteiger partial charge is 0.493 e. The number of piperazine rings is 1. The molecule has 0 bridgehead atoms. The predicted molar refractivity (Wildman–Crippen MR) is 87.1 cm³/mol. The number of primary amides is 1. The lowest BCUT2D eigenvalue weighted by Gasteiger charge is -2.33. The smallest absolute Gasteiger partial charge is 0.252 e. The van der Waals surface area contributed by atoms with Crippen molar-refractivity contribution in [1.82, 2.24) is 9.21 Å². The first-order valence-electron chi connectivity index (χ1n) is 7.59. The number of hydrogen-bond donors (Lipinski definition) is 1. The summed E-state index contributed by atoms with van der Waals surface area (Å²) in [5.74, 6) is -0.577. The highest BCUT2D eigenvalue weighted by Crippen LogP contribution is 2.25. The molecule has 0 saturated carbocycles. The summed E-state index contributed by atoms with van der Waals surface area (Å²) < 4.78 is 32.1. The molecule has 1 fully saturated rings. The third-order valence-electron chi connectivity index (χ3n) is 3.84. The Morgan fingerprint density at radius 3 is 2.33 bits per heavy atom. The summed E-state index contributed by atoms with van der Waals surface area (Å²) >= 11 is 0. The molecular weight excluding hydrogens is 334 g/mol. The van der Waals surface area contributed by atoms with E-state index in [2.05, 4.69) is 0 Å². The standard InChI is InChI=1S/C15H21N3O5S/c1-3-23-14-5-4-12(10-13(14)15(16)20)24(21,22)18-8-6-17(7-9-18)11(2)19/h4-5,10H,3,6-9H2,1-2H3,(H2,16,20). The summed E-state index contributed by atoms with van der Waals surface area (Å²) in [7, 11) is -3.77. The van der Waals surface area contributed by atoms with Crippen molar-refractivity contribution in [3.63, 3.8) is 0 Å². The maximum Gasteiger partial charge on any atom is 0.252 e. The molecule has 1 aromatic carbocycles. The zero-order valence-corrected chi connectivity index (χ0v) is 14.5. The minimum atomic E-state index is -3.77. The summed E-state index contributed by atoms with van der Waals surface area (Å²) in [5, 5.41) is 0. The third kappa shape index (κ3) is 3.68. The molecular formula is C15H21N3O5S. The van der Waals surface area contributed by atoms with Gasteiger partial charge in [0.1, 0.15) is 5.75 Å². The number of sulfonamides is 1. The monoisotopic (exact) mass is 355 g/mol. The molecule has 0 aliphatic carbocycles. The maximum atomic E-state index is 12.7. The molecule has 0 aromatic heterocycles. The van der Waals surface area contributed by atoms with Crippen LogP contribution in [0.2, 0.25) is 0 Å². The van der Waals surface area contributed by atoms with Gasteiger partial charge in [0.05, 0.1) is 17.1 Å². The summed E-state index contributed by atoms with van der Waals surface area (Å²) in [4.78, 5) is 24.5. The van der Waals surface area contributed by atoms with Crippen molar-refractivity contribution in [3.05, 3.63) is 23.8 Å². The Morgan fingerprint density at radius 1 is 1.21 bits per heavy atom. The molecule has 9 heteroatoms. The van der Waals surface area contributed by atoms with Gasteiger partial charge in [-0.1, -0.05) is 0 Å². The van der Waals surface area contributed by atoms with Crippen molar-refractivity contribution in [2.24, 2.45) is 5.73 Å². The van der Waals surface area contributed by atoms with E-state index in [0.29, 0.717) is 19.7 Å². The van der Waals surface area contributed by atoms with Gasteiger partial charge in [0.15, 0.2) is 0 Å². The molecule has 1 aromatic rings. The van der Waals surface area contributed by atoms with Gasteiger partial charge in [0, 0.05) is 33.1 Å². The van der Waals surface area contributed by atoms with Gasteiger partial charge >= 0.3 is 0 Å². The van der Waals surface area contributed by atoms with Crippen LogP contribution in [-0.2, 0) is 14.8 Å². The van der Waals surface area contributed by atoms with Crippen molar-refractivity contribution >= 4 is 21.8 Å². The molecule has 0 spiro atoms. The fourth-order valence-corrected chi connectivity index (χ4v) is 3.98. The average molecular weight is 355 g/mol. The summed E-state index contributed by atoms with van der Waals surface area (Å²) in [6.45, 7) is 4.64. The number of benzene rings is 1. The average Bonchev–Trinajstić information content (AvgIpc) is 2.55. The van der Waals surface area contributed by atoms with E-state index in [1.807, 2.05) is 0 Å². The molecule has 0 radical (unpaired) electrons. The van der Waals surface area contributed by atoms with E-state index in [1.165, 1.54) is 29.4 Å². The van der Waals surface area contributed by atoms with Crippen molar-refractivity contribution in [2.45, 2.75) is 18.7 Å². The Morgan fingerprint density at radius 2 is 1.83 bits per heavy atom. The molecule has 0 unspecified atom stereocenters. The SMILES string of the molecule is CCOc1ccc(S(=O)(=O)N2CCN(C(C)=O)CC2)cc1C(N)=O. The minimum Gasteiger partial charge on any atom is -0.493 e. The van der Waals surface area contributed by atoms with Gasteiger partial charge in [-0.05, 0) is 25.1 Å². The van der Waals surface area contributed by atoms with Gasteiger partial charge in [-0.25, -0.2) is 8.42 Å². The van der Waals surface area contributed by atoms with E-state index in [9.17, 15) is 18.0 Å². The number of hydrogen-bond acceptors (Lipinski definition) is 5. The highest BCUT2D eigenvalue weighted by atomic mass is 32.2. The van der Waals surface area contributed by atoms with Gasteiger partial charge < -0.3 is 15.4 Å². The lowest BCUT2D eigenvalue weighted by Crippen LogP contribution is -2.49. The van der Waals surface area contributed by atoms with Crippen molar-refractivity contribution < 1.29 is 22.7 Å². The van der Waals surface area contributed by atoms with Gasteiger partial charge in [0.2, 0.25) is 15.9 Å². The highest BCUT2D eigenvalue weighted by Gasteiger charge is 2.30. The van der Waals surface area contributed by atoms with Crippen LogP contribution in [0.25, 0.3) is 0 Å². The lowest BCUT2D eigenvalue weighted by atomic mass is 10.2. The molecule has 2 amide bonds. The number of nitrogens with zero attached hydrogens (tertiary/aromatic N) is 2. The Bertz CT molecular complexity index is 739. The van der Waals surface area contributed by atoms with Crippen LogP contribution in [0.4, 0.5) is 0 Å². The van der Waals surface area contributed by atoms with E-state index in [-0.39, 0.29) is 35.2 Å². The highest BCUT2D eigenvalue weighted by molar-refractivity contribution is 7.89. The Kier molecular flexibility index (Phi) is 5.45. The molecule has 1 aliphatic rings. The Balaban J connectivity index is 2.28. The van der Waals surface area contributed by atoms with Crippen LogP contribution >= 0.6 is 0 Å². The van der Waals surface area contributed by atoms with E-state index >= 15 is 0 Å². The lowest BCUT2D eigenvalue weighted by molar-refractivity contribution is -0.129. The number of nitrogens with two attached hydrogens (primary N) is 1. The Hall–Kier alpha value is -2.13. The van der Waals surface area contributed by atoms with E-state index in [4.69, 9.17) is 10.5 Å². The molecule has 2 rings (SSSR count). The van der Waals surface area contributed by atoms with Crippen LogP contribution in [0.1, 0.15) is 24.2 Å². The van der Waals surface area contributed by atoms with Gasteiger partial charge in [-0.15, -0.1) is 0 Å². The van der Waals surface area contributed by atoms with E-state index in [1.54, 1.807) is 11.8 Å². The van der Waals surface area contributed by atoms with E-state index < -0.39 is 15.9 Å². The second kappa shape index (κ2) is 7.18. The fraction of sp³-hybridized carbons (Fsp3) is 0.467. The minimum absolute atomic E-state index is 0.0176. The molecule has 0 atom stereocenters. The van der Waals surface area contributed by atoms with Gasteiger partial charge in [-0.3, -0.25) is 9.59 Å². The molecule has 1 heterocycles. The topological polar surface area (TPSA) is 110 Å². The maximum absolute atomic E-state index is 12.7. The first-order chi connectivity index (χ1) is 11.3. The zero-order valence-electron chi connectivity index (χ0n) is 13.7. The molecule has 1 aliphatic heterocycles. The molecule has 132 valence electrons. The normalized spacial score (nSPS) is 16.0. The number of carbonyl (C=O) groups excluding carboxylic acids is 2. The molecule has 1 saturated heterocycles. The molecule has 2 N–H and O–H groups in total. The van der Waals surface area contributed by atoms with Crippen LogP contribution in [-0.4, -0.2) is 62.2 Å². The van der Waals surface area contributed by atoms with Gasteiger partial charge in [-0.2, -0.15) is 4.31 Å². The number of ether oxygens (including phenoxy) is 1. The number of carbonyl (C=O) groups is 2. The van der Waals surface area contributed by atoms with Crippen LogP contribution in [0.3, 0.4) is 0 Å². The van der Waals surface area contributed by atoms with Crippen LogP contribution in [0.5, 0.6) is 5.75 Å². The fourth-order valence-electron chi connectivity index (χ4n) is 2.54. The first-order valence-corrected chi connectivity index (χ1v) is 9.03. The van der Waals surface area contributed by atoms with E-state index in [0.717, 1.165) is 0 Å². The summed E-state index contributed by atoms with van der Waals surface area (Å²) in [6.07, 6.45) is 0. The second-order valence-electron chi connectivity index (χ2n) is 5.37. The molecule has 24 heavy (non-hydrogen) atoms. The Labute approximate surface area is 141 Å². The van der Waals surface area contributed by atoms with Crippen molar-refractivity contribution in [1.29, 1.82) is 0 Å². The second-order valence-corrected chi connectivity index (χ2v) is 7.30. The summed E-state index contributed by atoms with van der Waals surface area (Å²) in [6, 6.07) is 4.06. The zero-order chi connectivity index (χ0) is 17.9. The predicted octanol–water partition coefficient (Wildman–Crippen LogP) is 0.0370. The quantitative estimate of drug-likeness (QED) is 0.802.